The van der Waals surface area contributed by atoms with E-state index in [4.69, 9.17) is 28.2 Å². The zero-order chi connectivity index (χ0) is 19.7. The summed E-state index contributed by atoms with van der Waals surface area (Å²) in [5.41, 5.74) is 2.03. The van der Waals surface area contributed by atoms with Crippen LogP contribution in [0.2, 0.25) is 10.0 Å². The number of sulfone groups is 1. The van der Waals surface area contributed by atoms with E-state index >= 15 is 0 Å². The molecule has 0 atom stereocenters. The van der Waals surface area contributed by atoms with E-state index in [-0.39, 0.29) is 9.92 Å². The summed E-state index contributed by atoms with van der Waals surface area (Å²) in [4.78, 5) is 7.01. The quantitative estimate of drug-likeness (QED) is 0.519. The topological polar surface area (TPSA) is 50.3 Å². The van der Waals surface area contributed by atoms with E-state index < -0.39 is 15.1 Å². The summed E-state index contributed by atoms with van der Waals surface area (Å²) in [6.07, 6.45) is 1.07. The molecule has 8 heteroatoms. The van der Waals surface area contributed by atoms with E-state index in [2.05, 4.69) is 4.90 Å². The molecule has 0 radical (unpaired) electrons. The highest BCUT2D eigenvalue weighted by atomic mass is 35.5. The van der Waals surface area contributed by atoms with E-state index in [9.17, 15) is 8.42 Å². The molecule has 0 amide bonds. The first kappa shape index (κ1) is 19.7. The Kier molecular flexibility index (Phi) is 5.65. The molecule has 3 aromatic rings. The Balaban J connectivity index is 1.48. The lowest BCUT2D eigenvalue weighted by Crippen LogP contribution is -2.39. The van der Waals surface area contributed by atoms with Crippen LogP contribution < -0.4 is 4.90 Å². The van der Waals surface area contributed by atoms with Crippen molar-refractivity contribution in [2.75, 3.05) is 18.0 Å². The van der Waals surface area contributed by atoms with E-state index in [0.29, 0.717) is 31.0 Å². The van der Waals surface area contributed by atoms with Gasteiger partial charge in [0.05, 0.1) is 20.9 Å². The molecule has 1 fully saturated rings. The maximum absolute atomic E-state index is 13.0. The number of piperidine rings is 1. The zero-order valence-corrected chi connectivity index (χ0v) is 18.0. The third-order valence-corrected chi connectivity index (χ3v) is 8.79. The zero-order valence-electron chi connectivity index (χ0n) is 14.9. The van der Waals surface area contributed by atoms with Crippen molar-refractivity contribution in [3.05, 3.63) is 64.0 Å². The van der Waals surface area contributed by atoms with Crippen molar-refractivity contribution < 1.29 is 8.42 Å². The fourth-order valence-electron chi connectivity index (χ4n) is 3.38. The lowest BCUT2D eigenvalue weighted by Gasteiger charge is -2.31. The molecule has 1 aliphatic rings. The molecule has 1 aliphatic heterocycles. The minimum atomic E-state index is -3.52. The van der Waals surface area contributed by atoms with Crippen molar-refractivity contribution in [1.29, 1.82) is 0 Å². The van der Waals surface area contributed by atoms with Crippen LogP contribution >= 0.6 is 34.5 Å². The van der Waals surface area contributed by atoms with Gasteiger partial charge in [0, 0.05) is 29.1 Å². The molecule has 2 aromatic carbocycles. The van der Waals surface area contributed by atoms with Gasteiger partial charge in [-0.05, 0) is 31.0 Å². The number of hydrogen-bond acceptors (Lipinski definition) is 5. The number of thiazole rings is 1. The van der Waals surface area contributed by atoms with Gasteiger partial charge in [-0.1, -0.05) is 53.5 Å². The number of rotatable bonds is 4. The lowest BCUT2D eigenvalue weighted by atomic mass is 10.1. The van der Waals surface area contributed by atoms with E-state index in [1.54, 1.807) is 17.4 Å². The molecule has 0 N–H and O–H groups in total. The van der Waals surface area contributed by atoms with Crippen LogP contribution in [0.3, 0.4) is 0 Å². The van der Waals surface area contributed by atoms with Gasteiger partial charge in [-0.2, -0.15) is 0 Å². The van der Waals surface area contributed by atoms with E-state index in [1.807, 2.05) is 35.7 Å². The average Bonchev–Trinajstić information content (AvgIpc) is 3.21. The molecule has 2 heterocycles. The Morgan fingerprint density at radius 3 is 2.46 bits per heavy atom. The maximum atomic E-state index is 13.0. The van der Waals surface area contributed by atoms with Gasteiger partial charge in [0.25, 0.3) is 0 Å². The Morgan fingerprint density at radius 1 is 1.04 bits per heavy atom. The third-order valence-electron chi connectivity index (χ3n) is 4.91. The minimum Gasteiger partial charge on any atom is -0.348 e. The second-order valence-electron chi connectivity index (χ2n) is 6.69. The highest BCUT2D eigenvalue weighted by molar-refractivity contribution is 7.92. The lowest BCUT2D eigenvalue weighted by molar-refractivity contribution is 0.529. The fraction of sp³-hybridized carbons (Fsp3) is 0.250. The molecule has 0 saturated carbocycles. The first-order chi connectivity index (χ1) is 13.4. The summed E-state index contributed by atoms with van der Waals surface area (Å²) in [6, 6.07) is 14.6. The fourth-order valence-corrected chi connectivity index (χ4v) is 6.77. The number of nitrogens with zero attached hydrogens (tertiary/aromatic N) is 2. The Labute approximate surface area is 178 Å². The van der Waals surface area contributed by atoms with Gasteiger partial charge in [-0.25, -0.2) is 13.4 Å². The highest BCUT2D eigenvalue weighted by Gasteiger charge is 2.33. The SMILES string of the molecule is O=S(=O)(c1cc(Cl)ccc1Cl)C1CCN(c2nc(-c3ccccc3)cs2)CC1. The normalized spacial score (nSPS) is 15.7. The van der Waals surface area contributed by atoms with Gasteiger partial charge in [-0.3, -0.25) is 0 Å². The van der Waals surface area contributed by atoms with Gasteiger partial charge in [0.15, 0.2) is 15.0 Å². The predicted octanol–water partition coefficient (Wildman–Crippen LogP) is 5.56. The summed E-state index contributed by atoms with van der Waals surface area (Å²) >= 11 is 13.7. The number of halogens is 2. The maximum Gasteiger partial charge on any atom is 0.185 e. The molecule has 0 bridgehead atoms. The van der Waals surface area contributed by atoms with Crippen molar-refractivity contribution in [2.45, 2.75) is 23.0 Å². The molecule has 28 heavy (non-hydrogen) atoms. The van der Waals surface area contributed by atoms with Gasteiger partial charge in [0.2, 0.25) is 0 Å². The summed E-state index contributed by atoms with van der Waals surface area (Å²) < 4.78 is 26.0. The van der Waals surface area contributed by atoms with Crippen LogP contribution in [0, 0.1) is 0 Å². The third kappa shape index (κ3) is 3.92. The molecule has 4 nitrogen and oxygen atoms in total. The van der Waals surface area contributed by atoms with Crippen LogP contribution in [-0.4, -0.2) is 31.7 Å². The Bertz CT molecular complexity index is 1080. The van der Waals surface area contributed by atoms with Gasteiger partial charge < -0.3 is 4.90 Å². The van der Waals surface area contributed by atoms with Crippen LogP contribution in [0.4, 0.5) is 5.13 Å². The Hall–Kier alpha value is -1.60. The van der Waals surface area contributed by atoms with Gasteiger partial charge in [0.1, 0.15) is 0 Å². The number of aromatic nitrogens is 1. The Morgan fingerprint density at radius 2 is 1.75 bits per heavy atom. The summed E-state index contributed by atoms with van der Waals surface area (Å²) in [5.74, 6) is 0. The molecule has 1 aromatic heterocycles. The summed E-state index contributed by atoms with van der Waals surface area (Å²) in [5, 5.41) is 3.10. The minimum absolute atomic E-state index is 0.126. The molecule has 146 valence electrons. The van der Waals surface area contributed by atoms with Crippen LogP contribution in [0.5, 0.6) is 0 Å². The molecular formula is C20H18Cl2N2O2S2. The largest absolute Gasteiger partial charge is 0.348 e. The molecule has 4 rings (SSSR count). The van der Waals surface area contributed by atoms with Crippen LogP contribution in [0.15, 0.2) is 58.8 Å². The van der Waals surface area contributed by atoms with Crippen LogP contribution in [0.25, 0.3) is 11.3 Å². The monoisotopic (exact) mass is 452 g/mol. The smallest absolute Gasteiger partial charge is 0.185 e. The van der Waals surface area contributed by atoms with E-state index in [1.165, 1.54) is 12.1 Å². The molecule has 1 saturated heterocycles. The second-order valence-corrected chi connectivity index (χ2v) is 10.6. The summed E-state index contributed by atoms with van der Waals surface area (Å²) in [6.45, 7) is 1.29. The standard InChI is InChI=1S/C20H18Cl2N2O2S2/c21-15-6-7-17(22)19(12-15)28(25,26)16-8-10-24(11-9-16)20-23-18(13-27-20)14-4-2-1-3-5-14/h1-7,12-13,16H,8-11H2. The summed E-state index contributed by atoms with van der Waals surface area (Å²) in [7, 11) is -3.52. The predicted molar refractivity (Wildman–Crippen MR) is 116 cm³/mol. The van der Waals surface area contributed by atoms with Crippen molar-refractivity contribution in [1.82, 2.24) is 4.98 Å². The van der Waals surface area contributed by atoms with Crippen molar-refractivity contribution in [2.24, 2.45) is 0 Å². The first-order valence-electron chi connectivity index (χ1n) is 8.90. The van der Waals surface area contributed by atoms with E-state index in [0.717, 1.165) is 16.4 Å². The number of anilines is 1. The molecule has 0 spiro atoms. The van der Waals surface area contributed by atoms with Crippen molar-refractivity contribution in [3.63, 3.8) is 0 Å². The van der Waals surface area contributed by atoms with Gasteiger partial charge in [-0.15, -0.1) is 11.3 Å². The van der Waals surface area contributed by atoms with Crippen LogP contribution in [0.1, 0.15) is 12.8 Å². The number of benzene rings is 2. The second kappa shape index (κ2) is 8.03. The van der Waals surface area contributed by atoms with Crippen molar-refractivity contribution >= 4 is 49.5 Å². The molecule has 0 aliphatic carbocycles. The average molecular weight is 453 g/mol. The van der Waals surface area contributed by atoms with Crippen molar-refractivity contribution in [3.8, 4) is 11.3 Å². The first-order valence-corrected chi connectivity index (χ1v) is 12.1. The molecule has 0 unspecified atom stereocenters. The highest BCUT2D eigenvalue weighted by Crippen LogP contribution is 2.34. The number of hydrogen-bond donors (Lipinski definition) is 0. The van der Waals surface area contributed by atoms with Gasteiger partial charge >= 0.3 is 0 Å². The van der Waals surface area contributed by atoms with Crippen LogP contribution in [-0.2, 0) is 9.84 Å². The molecular weight excluding hydrogens is 435 g/mol.